The zero-order valence-corrected chi connectivity index (χ0v) is 19.9. The summed E-state index contributed by atoms with van der Waals surface area (Å²) in [4.78, 5) is 13.4. The maximum atomic E-state index is 13.4. The molecule has 1 aliphatic heterocycles. The molecule has 1 heterocycles. The average Bonchev–Trinajstić information content (AvgIpc) is 2.66. The van der Waals surface area contributed by atoms with Crippen molar-refractivity contribution in [3.8, 4) is 5.75 Å². The van der Waals surface area contributed by atoms with Gasteiger partial charge < -0.3 is 10.1 Å². The number of fused-ring (bicyclic) bond motifs is 1. The molecule has 3 rings (SSSR count). The fourth-order valence-electron chi connectivity index (χ4n) is 4.12. The molecule has 2 aromatic rings. The second kappa shape index (κ2) is 8.54. The maximum Gasteiger partial charge on any atom is 0.244 e. The number of anilines is 1. The van der Waals surface area contributed by atoms with E-state index in [1.54, 1.807) is 12.1 Å². The van der Waals surface area contributed by atoms with Crippen LogP contribution in [0.1, 0.15) is 56.3 Å². The van der Waals surface area contributed by atoms with E-state index in [1.165, 1.54) is 4.31 Å². The number of nitrogens with zero attached hydrogens (tertiary/aromatic N) is 1. The number of hydrogen-bond acceptors (Lipinski definition) is 4. The Morgan fingerprint density at radius 3 is 2.35 bits per heavy atom. The largest absolute Gasteiger partial charge is 0.487 e. The maximum absolute atomic E-state index is 13.4. The molecule has 1 aliphatic rings. The minimum absolute atomic E-state index is 0.264. The van der Waals surface area contributed by atoms with Crippen LogP contribution in [0.25, 0.3) is 0 Å². The topological polar surface area (TPSA) is 75.7 Å². The SMILES string of the molecule is CC[C@H](C(=O)N[C@H]1CC(C)(C)Oc2ccc(C)cc21)N(c1ccc(C)cc1)S(C)(=O)=O. The number of aryl methyl sites for hydroxylation is 2. The molecule has 0 radical (unpaired) electrons. The molecule has 0 spiro atoms. The minimum atomic E-state index is -3.67. The number of nitrogens with one attached hydrogen (secondary N) is 1. The molecule has 6 nitrogen and oxygen atoms in total. The van der Waals surface area contributed by atoms with Crippen molar-refractivity contribution in [2.45, 2.75) is 65.1 Å². The summed E-state index contributed by atoms with van der Waals surface area (Å²) in [6, 6.07) is 12.0. The molecule has 7 heteroatoms. The van der Waals surface area contributed by atoms with Crippen molar-refractivity contribution >= 4 is 21.6 Å². The summed E-state index contributed by atoms with van der Waals surface area (Å²) < 4.78 is 32.7. The second-order valence-corrected chi connectivity index (χ2v) is 10.8. The van der Waals surface area contributed by atoms with Crippen molar-refractivity contribution in [2.75, 3.05) is 10.6 Å². The Hall–Kier alpha value is -2.54. The fraction of sp³-hybridized carbons (Fsp3) is 0.458. The Kier molecular flexibility index (Phi) is 6.37. The monoisotopic (exact) mass is 444 g/mol. The van der Waals surface area contributed by atoms with E-state index in [4.69, 9.17) is 4.74 Å². The summed E-state index contributed by atoms with van der Waals surface area (Å²) in [6.45, 7) is 9.73. The van der Waals surface area contributed by atoms with Crippen LogP contribution in [-0.4, -0.2) is 32.2 Å². The number of rotatable bonds is 6. The van der Waals surface area contributed by atoms with Gasteiger partial charge in [-0.05, 0) is 52.3 Å². The molecular weight excluding hydrogens is 412 g/mol. The molecule has 1 N–H and O–H groups in total. The third-order valence-corrected chi connectivity index (χ3v) is 6.74. The van der Waals surface area contributed by atoms with E-state index in [0.29, 0.717) is 18.5 Å². The number of carbonyl (C=O) groups excluding carboxylic acids is 1. The van der Waals surface area contributed by atoms with E-state index in [0.717, 1.165) is 28.7 Å². The number of benzene rings is 2. The Morgan fingerprint density at radius 2 is 1.77 bits per heavy atom. The summed E-state index contributed by atoms with van der Waals surface area (Å²) in [6.07, 6.45) is 2.08. The Morgan fingerprint density at radius 1 is 1.16 bits per heavy atom. The molecule has 0 bridgehead atoms. The van der Waals surface area contributed by atoms with Crippen LogP contribution >= 0.6 is 0 Å². The Bertz CT molecular complexity index is 1060. The molecule has 0 saturated carbocycles. The second-order valence-electron chi connectivity index (χ2n) is 8.99. The molecule has 2 atom stereocenters. The molecular formula is C24H32N2O4S. The zero-order chi connectivity index (χ0) is 23.0. The first-order chi connectivity index (χ1) is 14.4. The molecule has 0 fully saturated rings. The van der Waals surface area contributed by atoms with Crippen molar-refractivity contribution in [1.29, 1.82) is 0 Å². The molecule has 168 valence electrons. The number of amides is 1. The summed E-state index contributed by atoms with van der Waals surface area (Å²) in [5, 5.41) is 3.12. The van der Waals surface area contributed by atoms with Crippen molar-refractivity contribution in [2.24, 2.45) is 0 Å². The van der Waals surface area contributed by atoms with Gasteiger partial charge in [0.2, 0.25) is 15.9 Å². The lowest BCUT2D eigenvalue weighted by Crippen LogP contribution is -2.51. The molecule has 0 aromatic heterocycles. The van der Waals surface area contributed by atoms with Gasteiger partial charge in [0.25, 0.3) is 0 Å². The van der Waals surface area contributed by atoms with Gasteiger partial charge in [-0.1, -0.05) is 42.3 Å². The first-order valence-corrected chi connectivity index (χ1v) is 12.4. The molecule has 1 amide bonds. The zero-order valence-electron chi connectivity index (χ0n) is 19.1. The smallest absolute Gasteiger partial charge is 0.244 e. The van der Waals surface area contributed by atoms with Crippen LogP contribution in [0.4, 0.5) is 5.69 Å². The van der Waals surface area contributed by atoms with E-state index < -0.39 is 21.7 Å². The lowest BCUT2D eigenvalue weighted by molar-refractivity contribution is -0.123. The number of carbonyl (C=O) groups is 1. The van der Waals surface area contributed by atoms with Crippen LogP contribution in [0.2, 0.25) is 0 Å². The minimum Gasteiger partial charge on any atom is -0.487 e. The van der Waals surface area contributed by atoms with Gasteiger partial charge in [-0.15, -0.1) is 0 Å². The van der Waals surface area contributed by atoms with E-state index in [-0.39, 0.29) is 11.9 Å². The Labute approximate surface area is 185 Å². The quantitative estimate of drug-likeness (QED) is 0.722. The average molecular weight is 445 g/mol. The normalized spacial score (nSPS) is 18.5. The van der Waals surface area contributed by atoms with E-state index in [2.05, 4.69) is 5.32 Å². The summed E-state index contributed by atoms with van der Waals surface area (Å²) >= 11 is 0. The molecule has 0 aliphatic carbocycles. The molecule has 0 saturated heterocycles. The predicted octanol–water partition coefficient (Wildman–Crippen LogP) is 4.27. The first kappa shape index (κ1) is 23.1. The van der Waals surface area contributed by atoms with Crippen LogP contribution in [-0.2, 0) is 14.8 Å². The number of sulfonamides is 1. The van der Waals surface area contributed by atoms with Crippen LogP contribution in [0.3, 0.4) is 0 Å². The van der Waals surface area contributed by atoms with Crippen molar-refractivity contribution < 1.29 is 17.9 Å². The molecule has 0 unspecified atom stereocenters. The van der Waals surface area contributed by atoms with Crippen LogP contribution in [0.15, 0.2) is 42.5 Å². The highest BCUT2D eigenvalue weighted by Crippen LogP contribution is 2.40. The summed E-state index contributed by atoms with van der Waals surface area (Å²) in [5.41, 5.74) is 3.05. The lowest BCUT2D eigenvalue weighted by atomic mass is 9.88. The van der Waals surface area contributed by atoms with Gasteiger partial charge >= 0.3 is 0 Å². The van der Waals surface area contributed by atoms with Crippen molar-refractivity contribution in [1.82, 2.24) is 5.32 Å². The van der Waals surface area contributed by atoms with E-state index >= 15 is 0 Å². The third kappa shape index (κ3) is 5.21. The van der Waals surface area contributed by atoms with Crippen molar-refractivity contribution in [3.05, 3.63) is 59.2 Å². The number of ether oxygens (including phenoxy) is 1. The standard InChI is InChI=1S/C24H32N2O4S/c1-7-21(26(31(6,28)29)18-11-8-16(2)9-12-18)23(27)25-20-15-24(4,5)30-22-13-10-17(3)14-19(20)22/h8-14,20-21H,7,15H2,1-6H3,(H,25,27)/t20-,21+/m0/s1. The van der Waals surface area contributed by atoms with Gasteiger partial charge in [0, 0.05) is 12.0 Å². The highest BCUT2D eigenvalue weighted by Gasteiger charge is 2.37. The van der Waals surface area contributed by atoms with Crippen molar-refractivity contribution in [3.63, 3.8) is 0 Å². The highest BCUT2D eigenvalue weighted by molar-refractivity contribution is 7.92. The first-order valence-electron chi connectivity index (χ1n) is 10.6. The highest BCUT2D eigenvalue weighted by atomic mass is 32.2. The molecule has 31 heavy (non-hydrogen) atoms. The van der Waals surface area contributed by atoms with Crippen LogP contribution in [0, 0.1) is 13.8 Å². The third-order valence-electron chi connectivity index (χ3n) is 5.56. The van der Waals surface area contributed by atoms with Gasteiger partial charge in [-0.3, -0.25) is 9.10 Å². The Balaban J connectivity index is 1.95. The van der Waals surface area contributed by atoms with Gasteiger partial charge in [0.15, 0.2) is 0 Å². The summed E-state index contributed by atoms with van der Waals surface area (Å²) in [7, 11) is -3.67. The lowest BCUT2D eigenvalue weighted by Gasteiger charge is -2.39. The van der Waals surface area contributed by atoms with E-state index in [9.17, 15) is 13.2 Å². The van der Waals surface area contributed by atoms with Crippen LogP contribution in [0.5, 0.6) is 5.75 Å². The summed E-state index contributed by atoms with van der Waals surface area (Å²) in [5.74, 6) is 0.433. The number of hydrogen-bond donors (Lipinski definition) is 1. The predicted molar refractivity (Wildman–Crippen MR) is 124 cm³/mol. The van der Waals surface area contributed by atoms with Gasteiger partial charge in [0.1, 0.15) is 17.4 Å². The van der Waals surface area contributed by atoms with Gasteiger partial charge in [-0.2, -0.15) is 0 Å². The van der Waals surface area contributed by atoms with E-state index in [1.807, 2.05) is 65.0 Å². The van der Waals surface area contributed by atoms with Gasteiger partial charge in [0.05, 0.1) is 18.0 Å². The van der Waals surface area contributed by atoms with Gasteiger partial charge in [-0.25, -0.2) is 8.42 Å². The molecule has 2 aromatic carbocycles. The fourth-order valence-corrected chi connectivity index (χ4v) is 5.33. The van der Waals surface area contributed by atoms with Crippen LogP contribution < -0.4 is 14.4 Å².